The third-order valence-electron chi connectivity index (χ3n) is 15.5. The maximum absolute atomic E-state index is 12.5. The van der Waals surface area contributed by atoms with Gasteiger partial charge in [-0.25, -0.2) is 0 Å². The molecule has 6 nitrogen and oxygen atoms in total. The fourth-order valence-corrected chi connectivity index (χ4v) is 10.4. The van der Waals surface area contributed by atoms with Crippen LogP contribution in [0.5, 0.6) is 0 Å². The Morgan fingerprint density at radius 1 is 0.384 bits per heavy atom. The summed E-state index contributed by atoms with van der Waals surface area (Å²) in [6.07, 6.45) is 77.9. The van der Waals surface area contributed by atoms with Crippen molar-refractivity contribution in [3.63, 3.8) is 0 Å². The van der Waals surface area contributed by atoms with Gasteiger partial charge >= 0.3 is 5.97 Å². The smallest absolute Gasteiger partial charge is 0.305 e. The number of aliphatic hydroxyl groups is 2. The van der Waals surface area contributed by atoms with Gasteiger partial charge in [-0.2, -0.15) is 0 Å². The average Bonchev–Trinajstić information content (AvgIpc) is 3.39. The first kappa shape index (κ1) is 71.3. The number of nitrogens with one attached hydrogen (secondary N) is 1. The molecule has 2 atom stereocenters. The highest BCUT2D eigenvalue weighted by atomic mass is 16.5. The molecule has 1 amide bonds. The Morgan fingerprint density at radius 3 is 1.04 bits per heavy atom. The summed E-state index contributed by atoms with van der Waals surface area (Å²) in [7, 11) is 0. The van der Waals surface area contributed by atoms with E-state index in [4.69, 9.17) is 4.74 Å². The van der Waals surface area contributed by atoms with E-state index in [1.807, 2.05) is 0 Å². The minimum Gasteiger partial charge on any atom is -0.466 e. The largest absolute Gasteiger partial charge is 0.466 e. The van der Waals surface area contributed by atoms with E-state index in [0.717, 1.165) is 44.9 Å². The number of hydrogen-bond donors (Lipinski definition) is 3. The molecule has 0 radical (unpaired) electrons. The van der Waals surface area contributed by atoms with Crippen molar-refractivity contribution in [3.8, 4) is 0 Å². The van der Waals surface area contributed by atoms with E-state index < -0.39 is 12.1 Å². The van der Waals surface area contributed by atoms with E-state index in [0.29, 0.717) is 25.9 Å². The Balaban J connectivity index is 3.37. The summed E-state index contributed by atoms with van der Waals surface area (Å²) in [4.78, 5) is 24.5. The van der Waals surface area contributed by atoms with E-state index in [-0.39, 0.29) is 18.5 Å². The number of amides is 1. The predicted octanol–water partition coefficient (Wildman–Crippen LogP) is 21.0. The molecule has 0 aliphatic rings. The summed E-state index contributed by atoms with van der Waals surface area (Å²) in [6, 6.07) is -0.540. The molecule has 2 unspecified atom stereocenters. The summed E-state index contributed by atoms with van der Waals surface area (Å²) < 4.78 is 5.49. The van der Waals surface area contributed by atoms with Crippen molar-refractivity contribution < 1.29 is 24.5 Å². The number of carbonyl (C=O) groups excluding carboxylic acids is 2. The van der Waals surface area contributed by atoms with E-state index in [9.17, 15) is 19.8 Å². The Hall–Kier alpha value is -1.66. The van der Waals surface area contributed by atoms with Gasteiger partial charge in [0.1, 0.15) is 0 Å². The Bertz CT molecular complexity index is 1140. The maximum Gasteiger partial charge on any atom is 0.305 e. The molecule has 0 bridgehead atoms. The number of aliphatic hydroxyl groups excluding tert-OH is 2. The van der Waals surface area contributed by atoms with Gasteiger partial charge in [0, 0.05) is 12.8 Å². The normalized spacial score (nSPS) is 12.7. The SMILES string of the molecule is CCCCCCCCCCCCCCCCCCC(=O)OCCCCCCCCCCC/C=C\C/C=C\CCCCCCCCCCCCCCCC(=O)NC(CO)C(O)CCCCCCCCCCCCC. The third-order valence-corrected chi connectivity index (χ3v) is 15.5. The molecule has 0 aromatic rings. The molecule has 0 spiro atoms. The first-order valence-corrected chi connectivity index (χ1v) is 33.1. The van der Waals surface area contributed by atoms with Crippen molar-refractivity contribution in [1.29, 1.82) is 0 Å². The molecule has 0 aromatic heterocycles. The van der Waals surface area contributed by atoms with Crippen molar-refractivity contribution in [2.24, 2.45) is 0 Å². The minimum absolute atomic E-state index is 0.0159. The summed E-state index contributed by atoms with van der Waals surface area (Å²) in [5.41, 5.74) is 0. The Labute approximate surface area is 456 Å². The molecule has 0 fully saturated rings. The molecule has 0 saturated heterocycles. The number of carbonyl (C=O) groups is 2. The van der Waals surface area contributed by atoms with Gasteiger partial charge in [-0.1, -0.05) is 321 Å². The molecular weight excluding hydrogens is 899 g/mol. The molecule has 73 heavy (non-hydrogen) atoms. The molecule has 0 heterocycles. The second-order valence-electron chi connectivity index (χ2n) is 22.8. The Morgan fingerprint density at radius 2 is 0.685 bits per heavy atom. The van der Waals surface area contributed by atoms with Crippen molar-refractivity contribution >= 4 is 11.9 Å². The van der Waals surface area contributed by atoms with Crippen LogP contribution in [0.1, 0.15) is 367 Å². The van der Waals surface area contributed by atoms with Crippen LogP contribution >= 0.6 is 0 Å². The van der Waals surface area contributed by atoms with Crippen LogP contribution in [-0.2, 0) is 14.3 Å². The monoisotopic (exact) mass is 1030 g/mol. The summed E-state index contributed by atoms with van der Waals surface area (Å²) in [5, 5.41) is 23.2. The highest BCUT2D eigenvalue weighted by molar-refractivity contribution is 5.76. The number of unbranched alkanes of at least 4 members (excludes halogenated alkanes) is 47. The molecule has 3 N–H and O–H groups in total. The fourth-order valence-electron chi connectivity index (χ4n) is 10.4. The zero-order valence-corrected chi connectivity index (χ0v) is 49.4. The first-order valence-electron chi connectivity index (χ1n) is 33.1. The van der Waals surface area contributed by atoms with Crippen LogP contribution < -0.4 is 5.32 Å². The quantitative estimate of drug-likeness (QED) is 0.0320. The zero-order chi connectivity index (χ0) is 52.9. The van der Waals surface area contributed by atoms with Gasteiger partial charge in [-0.15, -0.1) is 0 Å². The van der Waals surface area contributed by atoms with Crippen molar-refractivity contribution in [3.05, 3.63) is 24.3 Å². The molecular formula is C67H129NO5. The van der Waals surface area contributed by atoms with E-state index in [1.54, 1.807) is 0 Å². The molecule has 432 valence electrons. The number of hydrogen-bond acceptors (Lipinski definition) is 5. The van der Waals surface area contributed by atoms with Crippen LogP contribution in [0.4, 0.5) is 0 Å². The maximum atomic E-state index is 12.5. The Kier molecular flexibility index (Phi) is 61.4. The van der Waals surface area contributed by atoms with Crippen molar-refractivity contribution in [2.45, 2.75) is 379 Å². The second-order valence-corrected chi connectivity index (χ2v) is 22.8. The van der Waals surface area contributed by atoms with Crippen LogP contribution in [0.2, 0.25) is 0 Å². The molecule has 6 heteroatoms. The zero-order valence-electron chi connectivity index (χ0n) is 49.4. The summed E-state index contributed by atoms with van der Waals surface area (Å²) in [5.74, 6) is -0.0197. The van der Waals surface area contributed by atoms with Crippen LogP contribution in [-0.4, -0.2) is 47.4 Å². The van der Waals surface area contributed by atoms with E-state index in [2.05, 4.69) is 43.5 Å². The highest BCUT2D eigenvalue weighted by Gasteiger charge is 2.20. The van der Waals surface area contributed by atoms with Gasteiger partial charge in [-0.05, 0) is 57.8 Å². The number of allylic oxidation sites excluding steroid dienone is 4. The first-order chi connectivity index (χ1) is 36.0. The molecule has 0 saturated carbocycles. The number of ether oxygens (including phenoxy) is 1. The molecule has 0 rings (SSSR count). The van der Waals surface area contributed by atoms with Gasteiger partial charge in [0.15, 0.2) is 0 Å². The summed E-state index contributed by atoms with van der Waals surface area (Å²) >= 11 is 0. The average molecular weight is 1030 g/mol. The lowest BCUT2D eigenvalue weighted by molar-refractivity contribution is -0.143. The van der Waals surface area contributed by atoms with Crippen LogP contribution in [0, 0.1) is 0 Å². The number of esters is 1. The third kappa shape index (κ3) is 59.4. The number of rotatable bonds is 62. The van der Waals surface area contributed by atoms with Gasteiger partial charge in [0.25, 0.3) is 0 Å². The molecule has 0 aliphatic carbocycles. The van der Waals surface area contributed by atoms with Gasteiger partial charge in [0.2, 0.25) is 5.91 Å². The van der Waals surface area contributed by atoms with Gasteiger partial charge in [0.05, 0.1) is 25.4 Å². The molecule has 0 aromatic carbocycles. The standard InChI is InChI=1S/C67H129NO5/c1-3-5-7-9-11-13-15-16-17-34-37-41-45-49-53-57-61-67(72)73-62-58-54-50-46-42-38-35-32-30-28-26-24-22-20-18-19-21-23-25-27-29-31-33-36-40-44-48-52-56-60-66(71)68-64(63-69)65(70)59-55-51-47-43-39-14-12-10-8-6-4-2/h18,20,24,26,64-65,69-70H,3-17,19,21-23,25,27-63H2,1-2H3,(H,68,71)/b20-18-,26-24-. The minimum atomic E-state index is -0.663. The van der Waals surface area contributed by atoms with Crippen LogP contribution in [0.25, 0.3) is 0 Å². The summed E-state index contributed by atoms with van der Waals surface area (Å²) in [6.45, 7) is 4.97. The van der Waals surface area contributed by atoms with Gasteiger partial charge in [-0.3, -0.25) is 9.59 Å². The highest BCUT2D eigenvalue weighted by Crippen LogP contribution is 2.18. The topological polar surface area (TPSA) is 95.9 Å². The van der Waals surface area contributed by atoms with Gasteiger partial charge < -0.3 is 20.3 Å². The fraction of sp³-hybridized carbons (Fsp3) is 0.910. The lowest BCUT2D eigenvalue weighted by Crippen LogP contribution is -2.45. The van der Waals surface area contributed by atoms with Crippen LogP contribution in [0.15, 0.2) is 24.3 Å². The van der Waals surface area contributed by atoms with Crippen molar-refractivity contribution in [2.75, 3.05) is 13.2 Å². The molecule has 0 aliphatic heterocycles. The second kappa shape index (κ2) is 62.9. The van der Waals surface area contributed by atoms with Crippen molar-refractivity contribution in [1.82, 2.24) is 5.32 Å². The van der Waals surface area contributed by atoms with E-state index in [1.165, 1.54) is 289 Å². The van der Waals surface area contributed by atoms with E-state index >= 15 is 0 Å². The lowest BCUT2D eigenvalue weighted by Gasteiger charge is -2.22. The lowest BCUT2D eigenvalue weighted by atomic mass is 10.0. The van der Waals surface area contributed by atoms with Crippen LogP contribution in [0.3, 0.4) is 0 Å². The predicted molar refractivity (Wildman–Crippen MR) is 320 cm³/mol.